The summed E-state index contributed by atoms with van der Waals surface area (Å²) in [6.07, 6.45) is 39.8. The molecule has 0 fully saturated rings. The van der Waals surface area contributed by atoms with Crippen molar-refractivity contribution in [3.63, 3.8) is 0 Å². The summed E-state index contributed by atoms with van der Waals surface area (Å²) in [5.41, 5.74) is 0. The van der Waals surface area contributed by atoms with Gasteiger partial charge < -0.3 is 0 Å². The van der Waals surface area contributed by atoms with Crippen LogP contribution in [0.25, 0.3) is 0 Å². The Morgan fingerprint density at radius 2 is 0.484 bits per heavy atom. The summed E-state index contributed by atoms with van der Waals surface area (Å²) in [4.78, 5) is 0. The minimum Gasteiger partial charge on any atom is -0.0654 e. The lowest BCUT2D eigenvalue weighted by Crippen LogP contribution is -1.95. The highest BCUT2D eigenvalue weighted by Gasteiger charge is 2.02. The molecule has 0 amide bonds. The molecular weight excluding hydrogens is 372 g/mol. The van der Waals surface area contributed by atoms with Gasteiger partial charge in [-0.05, 0) is 5.92 Å². The van der Waals surface area contributed by atoms with E-state index in [9.17, 15) is 0 Å². The molecule has 0 rings (SSSR count). The Morgan fingerprint density at radius 1 is 0.290 bits per heavy atom. The average molecular weight is 437 g/mol. The lowest BCUT2D eigenvalue weighted by molar-refractivity contribution is 0.430. The topological polar surface area (TPSA) is 0 Å². The third-order valence-corrected chi connectivity index (χ3v) is 7.35. The fourth-order valence-corrected chi connectivity index (χ4v) is 4.99. The summed E-state index contributed by atoms with van der Waals surface area (Å²) < 4.78 is 0. The highest BCUT2D eigenvalue weighted by molar-refractivity contribution is 4.56. The smallest absolute Gasteiger partial charge is 0.0443 e. The molecule has 0 heteroatoms. The van der Waals surface area contributed by atoms with Crippen molar-refractivity contribution in [1.82, 2.24) is 0 Å². The van der Waals surface area contributed by atoms with E-state index in [0.717, 1.165) is 5.92 Å². The molecule has 0 spiro atoms. The van der Waals surface area contributed by atoms with Crippen LogP contribution in [0.15, 0.2) is 0 Å². The molecule has 0 saturated carbocycles. The van der Waals surface area contributed by atoms with Crippen LogP contribution in [0, 0.1) is 5.92 Å². The normalized spacial score (nSPS) is 12.5. The van der Waals surface area contributed by atoms with Crippen LogP contribution in [0.3, 0.4) is 0 Å². The fraction of sp³-hybridized carbons (Fsp3) is 1.00. The zero-order valence-electron chi connectivity index (χ0n) is 22.7. The molecule has 0 N–H and O–H groups in total. The van der Waals surface area contributed by atoms with Gasteiger partial charge in [0, 0.05) is 0 Å². The number of hydrogen-bond donors (Lipinski definition) is 0. The fourth-order valence-electron chi connectivity index (χ4n) is 4.99. The van der Waals surface area contributed by atoms with E-state index >= 15 is 0 Å². The number of hydrogen-bond acceptors (Lipinski definition) is 0. The van der Waals surface area contributed by atoms with E-state index < -0.39 is 0 Å². The maximum Gasteiger partial charge on any atom is -0.0443 e. The van der Waals surface area contributed by atoms with Crippen LogP contribution in [0.4, 0.5) is 0 Å². The molecule has 0 aromatic carbocycles. The average Bonchev–Trinajstić information content (AvgIpc) is 2.77. The van der Waals surface area contributed by atoms with Crippen molar-refractivity contribution in [1.29, 1.82) is 0 Å². The Kier molecular flexibility index (Phi) is 28.0. The SMILES string of the molecule is CCCCCCCCCCCCCCCCCCCC(C)CCCCCCCCCC. The van der Waals surface area contributed by atoms with Gasteiger partial charge in [0.2, 0.25) is 0 Å². The molecule has 0 aliphatic heterocycles. The van der Waals surface area contributed by atoms with Crippen LogP contribution in [0.1, 0.15) is 194 Å². The summed E-state index contributed by atoms with van der Waals surface area (Å²) >= 11 is 0. The highest BCUT2D eigenvalue weighted by atomic mass is 14.1. The zero-order chi connectivity index (χ0) is 22.7. The molecule has 0 saturated heterocycles. The van der Waals surface area contributed by atoms with Gasteiger partial charge in [-0.3, -0.25) is 0 Å². The van der Waals surface area contributed by atoms with Crippen molar-refractivity contribution in [2.75, 3.05) is 0 Å². The lowest BCUT2D eigenvalue weighted by Gasteiger charge is -2.11. The standard InChI is InChI=1S/C31H64/c1-4-6-8-10-12-14-15-16-17-18-19-20-21-22-24-26-28-30-31(3)29-27-25-23-13-11-9-7-5-2/h31H,4-30H2,1-3H3. The maximum absolute atomic E-state index is 2.49. The summed E-state index contributed by atoms with van der Waals surface area (Å²) in [6, 6.07) is 0. The summed E-state index contributed by atoms with van der Waals surface area (Å²) in [5.74, 6) is 0.969. The van der Waals surface area contributed by atoms with Crippen LogP contribution >= 0.6 is 0 Å². The predicted molar refractivity (Wildman–Crippen MR) is 145 cm³/mol. The third kappa shape index (κ3) is 28.0. The monoisotopic (exact) mass is 437 g/mol. The Balaban J connectivity index is 3.11. The first kappa shape index (κ1) is 31.0. The maximum atomic E-state index is 2.49. The Labute approximate surface area is 200 Å². The lowest BCUT2D eigenvalue weighted by atomic mass is 9.95. The van der Waals surface area contributed by atoms with Crippen LogP contribution in [0.5, 0.6) is 0 Å². The van der Waals surface area contributed by atoms with E-state index in [-0.39, 0.29) is 0 Å². The largest absolute Gasteiger partial charge is 0.0654 e. The molecule has 1 unspecified atom stereocenters. The minimum absolute atomic E-state index is 0.969. The van der Waals surface area contributed by atoms with Crippen LogP contribution < -0.4 is 0 Å². The second-order valence-corrected chi connectivity index (χ2v) is 10.8. The van der Waals surface area contributed by atoms with Gasteiger partial charge in [-0.2, -0.15) is 0 Å². The van der Waals surface area contributed by atoms with Crippen LogP contribution in [-0.2, 0) is 0 Å². The predicted octanol–water partition coefficient (Wildman–Crippen LogP) is 12.2. The van der Waals surface area contributed by atoms with Gasteiger partial charge in [0.1, 0.15) is 0 Å². The van der Waals surface area contributed by atoms with Gasteiger partial charge >= 0.3 is 0 Å². The van der Waals surface area contributed by atoms with Gasteiger partial charge in [-0.15, -0.1) is 0 Å². The van der Waals surface area contributed by atoms with Gasteiger partial charge in [-0.25, -0.2) is 0 Å². The molecule has 0 heterocycles. The van der Waals surface area contributed by atoms with Crippen molar-refractivity contribution in [3.8, 4) is 0 Å². The van der Waals surface area contributed by atoms with Crippen molar-refractivity contribution >= 4 is 0 Å². The number of unbranched alkanes of at least 4 members (excludes halogenated alkanes) is 23. The molecule has 1 atom stereocenters. The van der Waals surface area contributed by atoms with E-state index in [2.05, 4.69) is 20.8 Å². The number of rotatable bonds is 27. The first-order chi connectivity index (χ1) is 15.3. The molecule has 0 nitrogen and oxygen atoms in total. The summed E-state index contributed by atoms with van der Waals surface area (Å²) in [5, 5.41) is 0. The second kappa shape index (κ2) is 28.0. The van der Waals surface area contributed by atoms with Crippen molar-refractivity contribution in [2.45, 2.75) is 194 Å². The van der Waals surface area contributed by atoms with Gasteiger partial charge in [-0.1, -0.05) is 194 Å². The first-order valence-corrected chi connectivity index (χ1v) is 15.3. The first-order valence-electron chi connectivity index (χ1n) is 15.3. The minimum atomic E-state index is 0.969. The molecule has 0 bridgehead atoms. The summed E-state index contributed by atoms with van der Waals surface area (Å²) in [7, 11) is 0. The van der Waals surface area contributed by atoms with Gasteiger partial charge in [0.25, 0.3) is 0 Å². The van der Waals surface area contributed by atoms with Gasteiger partial charge in [0.05, 0.1) is 0 Å². The summed E-state index contributed by atoms with van der Waals surface area (Å²) in [6.45, 7) is 7.11. The Morgan fingerprint density at radius 3 is 0.710 bits per heavy atom. The van der Waals surface area contributed by atoms with E-state index in [1.165, 1.54) is 173 Å². The molecule has 0 aliphatic carbocycles. The van der Waals surface area contributed by atoms with E-state index in [4.69, 9.17) is 0 Å². The van der Waals surface area contributed by atoms with Crippen LogP contribution in [-0.4, -0.2) is 0 Å². The second-order valence-electron chi connectivity index (χ2n) is 10.8. The molecule has 0 aliphatic rings. The third-order valence-electron chi connectivity index (χ3n) is 7.35. The molecule has 0 radical (unpaired) electrons. The van der Waals surface area contributed by atoms with E-state index in [1.807, 2.05) is 0 Å². The van der Waals surface area contributed by atoms with Crippen molar-refractivity contribution < 1.29 is 0 Å². The van der Waals surface area contributed by atoms with Crippen molar-refractivity contribution in [2.24, 2.45) is 5.92 Å². The quantitative estimate of drug-likeness (QED) is 0.112. The molecule has 0 aromatic rings. The highest BCUT2D eigenvalue weighted by Crippen LogP contribution is 2.19. The molecule has 188 valence electrons. The molecule has 31 heavy (non-hydrogen) atoms. The van der Waals surface area contributed by atoms with Gasteiger partial charge in [0.15, 0.2) is 0 Å². The zero-order valence-corrected chi connectivity index (χ0v) is 22.7. The van der Waals surface area contributed by atoms with Crippen molar-refractivity contribution in [3.05, 3.63) is 0 Å². The Hall–Kier alpha value is 0. The molecular formula is C31H64. The van der Waals surface area contributed by atoms with E-state index in [1.54, 1.807) is 0 Å². The van der Waals surface area contributed by atoms with Crippen LogP contribution in [0.2, 0.25) is 0 Å². The Bertz CT molecular complexity index is 294. The van der Waals surface area contributed by atoms with E-state index in [0.29, 0.717) is 0 Å². The molecule has 0 aromatic heterocycles.